The Morgan fingerprint density at radius 1 is 1.58 bits per heavy atom. The third-order valence-electron chi connectivity index (χ3n) is 2.95. The predicted molar refractivity (Wildman–Crippen MR) is 74.1 cm³/mol. The number of hydrogen-bond acceptors (Lipinski definition) is 5. The van der Waals surface area contributed by atoms with Crippen molar-refractivity contribution >= 4 is 17.4 Å². The molecule has 6 nitrogen and oxygen atoms in total. The van der Waals surface area contributed by atoms with Gasteiger partial charge in [-0.25, -0.2) is 0 Å². The number of nitrogens with zero attached hydrogens (tertiary/aromatic N) is 1. The van der Waals surface area contributed by atoms with Gasteiger partial charge in [0, 0.05) is 19.0 Å². The molecule has 1 atom stereocenters. The van der Waals surface area contributed by atoms with Gasteiger partial charge in [-0.15, -0.1) is 0 Å². The second-order valence-corrected chi connectivity index (χ2v) is 4.62. The van der Waals surface area contributed by atoms with E-state index in [1.54, 1.807) is 6.07 Å². The highest BCUT2D eigenvalue weighted by molar-refractivity contribution is 5.77. The van der Waals surface area contributed by atoms with E-state index in [2.05, 4.69) is 15.6 Å². The number of carbonyl (C=O) groups excluding carboxylic acids is 1. The Bertz CT molecular complexity index is 440. The van der Waals surface area contributed by atoms with Crippen molar-refractivity contribution in [3.8, 4) is 5.88 Å². The maximum Gasteiger partial charge on any atom is 0.239 e. The summed E-state index contributed by atoms with van der Waals surface area (Å²) in [4.78, 5) is 15.4. The summed E-state index contributed by atoms with van der Waals surface area (Å²) in [6.07, 6.45) is 2.27. The number of nitrogens with one attached hydrogen (secondary N) is 2. The lowest BCUT2D eigenvalue weighted by molar-refractivity contribution is -0.122. The van der Waals surface area contributed by atoms with Crippen molar-refractivity contribution in [1.82, 2.24) is 10.3 Å². The van der Waals surface area contributed by atoms with Crippen molar-refractivity contribution in [3.05, 3.63) is 12.1 Å². The van der Waals surface area contributed by atoms with Crippen LogP contribution < -0.4 is 21.1 Å². The average molecular weight is 264 g/mol. The minimum atomic E-state index is 0.107. The van der Waals surface area contributed by atoms with Gasteiger partial charge in [-0.3, -0.25) is 4.79 Å². The van der Waals surface area contributed by atoms with E-state index in [0.29, 0.717) is 31.1 Å². The maximum atomic E-state index is 11.1. The Balaban J connectivity index is 1.98. The number of nitrogen functional groups attached to an aromatic ring is 1. The van der Waals surface area contributed by atoms with E-state index >= 15 is 0 Å². The number of aromatic nitrogens is 1. The average Bonchev–Trinajstić information content (AvgIpc) is 2.42. The molecule has 104 valence electrons. The number of nitrogens with two attached hydrogens (primary N) is 1. The molecule has 2 rings (SSSR count). The Hall–Kier alpha value is -1.98. The largest absolute Gasteiger partial charge is 0.476 e. The maximum absolute atomic E-state index is 11.1. The zero-order valence-electron chi connectivity index (χ0n) is 11.1. The minimum absolute atomic E-state index is 0.107. The van der Waals surface area contributed by atoms with Gasteiger partial charge in [0.1, 0.15) is 5.82 Å². The molecule has 0 radical (unpaired) electrons. The fourth-order valence-electron chi connectivity index (χ4n) is 1.91. The molecule has 0 aromatic carbocycles. The number of ether oxygens (including phenoxy) is 1. The lowest BCUT2D eigenvalue weighted by Crippen LogP contribution is -2.42. The van der Waals surface area contributed by atoms with Gasteiger partial charge in [0.05, 0.1) is 12.3 Å². The number of carbonyl (C=O) groups is 1. The summed E-state index contributed by atoms with van der Waals surface area (Å²) in [6, 6.07) is 3.81. The van der Waals surface area contributed by atoms with Gasteiger partial charge < -0.3 is 21.1 Å². The van der Waals surface area contributed by atoms with Gasteiger partial charge in [-0.2, -0.15) is 4.98 Å². The number of pyridine rings is 1. The lowest BCUT2D eigenvalue weighted by atomic mass is 10.1. The first kappa shape index (κ1) is 13.5. The van der Waals surface area contributed by atoms with Crippen molar-refractivity contribution < 1.29 is 9.53 Å². The molecule has 0 saturated carbocycles. The number of anilines is 2. The first-order valence-electron chi connectivity index (χ1n) is 6.61. The molecular weight excluding hydrogens is 244 g/mol. The van der Waals surface area contributed by atoms with E-state index in [1.165, 1.54) is 0 Å². The Labute approximate surface area is 112 Å². The third kappa shape index (κ3) is 3.74. The van der Waals surface area contributed by atoms with Crippen molar-refractivity contribution in [2.45, 2.75) is 32.2 Å². The quantitative estimate of drug-likeness (QED) is 0.742. The van der Waals surface area contributed by atoms with Crippen LogP contribution in [0.2, 0.25) is 0 Å². The van der Waals surface area contributed by atoms with Crippen LogP contribution in [-0.2, 0) is 4.79 Å². The van der Waals surface area contributed by atoms with Crippen LogP contribution in [0.3, 0.4) is 0 Å². The van der Waals surface area contributed by atoms with E-state index in [-0.39, 0.29) is 11.9 Å². The second-order valence-electron chi connectivity index (χ2n) is 4.62. The molecule has 2 heterocycles. The number of rotatable bonds is 5. The normalized spacial score (nSPS) is 18.8. The Morgan fingerprint density at radius 3 is 3.11 bits per heavy atom. The molecule has 1 saturated heterocycles. The number of amides is 1. The zero-order chi connectivity index (χ0) is 13.7. The van der Waals surface area contributed by atoms with Crippen LogP contribution in [-0.4, -0.2) is 30.1 Å². The summed E-state index contributed by atoms with van der Waals surface area (Å²) in [6.45, 7) is 3.25. The minimum Gasteiger partial charge on any atom is -0.476 e. The molecule has 1 aliphatic heterocycles. The summed E-state index contributed by atoms with van der Waals surface area (Å²) < 4.78 is 5.49. The molecule has 1 aromatic heterocycles. The molecule has 1 amide bonds. The lowest BCUT2D eigenvalue weighted by Gasteiger charge is -2.24. The molecule has 0 spiro atoms. The van der Waals surface area contributed by atoms with E-state index in [1.807, 2.05) is 13.0 Å². The van der Waals surface area contributed by atoms with Gasteiger partial charge in [0.15, 0.2) is 0 Å². The molecule has 1 aliphatic rings. The van der Waals surface area contributed by atoms with E-state index in [4.69, 9.17) is 10.5 Å². The smallest absolute Gasteiger partial charge is 0.239 e. The van der Waals surface area contributed by atoms with E-state index in [9.17, 15) is 4.79 Å². The monoisotopic (exact) mass is 264 g/mol. The highest BCUT2D eigenvalue weighted by Gasteiger charge is 2.18. The first-order valence-corrected chi connectivity index (χ1v) is 6.61. The molecule has 4 N–H and O–H groups in total. The third-order valence-corrected chi connectivity index (χ3v) is 2.95. The highest BCUT2D eigenvalue weighted by atomic mass is 16.5. The summed E-state index contributed by atoms with van der Waals surface area (Å²) in [7, 11) is 0. The second kappa shape index (κ2) is 6.26. The van der Waals surface area contributed by atoms with E-state index in [0.717, 1.165) is 18.7 Å². The zero-order valence-corrected chi connectivity index (χ0v) is 11.1. The molecule has 19 heavy (non-hydrogen) atoms. The van der Waals surface area contributed by atoms with Crippen LogP contribution in [0.25, 0.3) is 0 Å². The van der Waals surface area contributed by atoms with Gasteiger partial charge in [0.2, 0.25) is 11.8 Å². The SMILES string of the molecule is CCCOc1nc(NC2CCC(=O)NC2)ccc1N. The fraction of sp³-hybridized carbons (Fsp3) is 0.538. The van der Waals surface area contributed by atoms with Crippen molar-refractivity contribution in [3.63, 3.8) is 0 Å². The van der Waals surface area contributed by atoms with Crippen molar-refractivity contribution in [2.24, 2.45) is 0 Å². The molecule has 1 aromatic rings. The standard InChI is InChI=1S/C13H20N4O2/c1-2-7-19-13-10(14)4-5-11(17-13)16-9-3-6-12(18)15-8-9/h4-5,9H,2-3,6-8,14H2,1H3,(H,15,18)(H,16,17). The van der Waals surface area contributed by atoms with Gasteiger partial charge in [0.25, 0.3) is 0 Å². The summed E-state index contributed by atoms with van der Waals surface area (Å²) in [5, 5.41) is 6.11. The van der Waals surface area contributed by atoms with E-state index < -0.39 is 0 Å². The molecule has 0 aliphatic carbocycles. The summed E-state index contributed by atoms with van der Waals surface area (Å²) in [5.41, 5.74) is 6.35. The van der Waals surface area contributed by atoms with Gasteiger partial charge >= 0.3 is 0 Å². The first-order chi connectivity index (χ1) is 9.19. The topological polar surface area (TPSA) is 89.3 Å². The summed E-state index contributed by atoms with van der Waals surface area (Å²) >= 11 is 0. The Morgan fingerprint density at radius 2 is 2.42 bits per heavy atom. The van der Waals surface area contributed by atoms with Gasteiger partial charge in [-0.05, 0) is 25.0 Å². The summed E-state index contributed by atoms with van der Waals surface area (Å²) in [5.74, 6) is 1.29. The van der Waals surface area contributed by atoms with Crippen LogP contribution in [0.4, 0.5) is 11.5 Å². The molecule has 1 fully saturated rings. The fourth-order valence-corrected chi connectivity index (χ4v) is 1.91. The number of hydrogen-bond donors (Lipinski definition) is 3. The van der Waals surface area contributed by atoms with Crippen LogP contribution in [0.15, 0.2) is 12.1 Å². The molecule has 0 bridgehead atoms. The van der Waals surface area contributed by atoms with Crippen LogP contribution in [0, 0.1) is 0 Å². The van der Waals surface area contributed by atoms with Crippen molar-refractivity contribution in [2.75, 3.05) is 24.2 Å². The van der Waals surface area contributed by atoms with Crippen LogP contribution in [0.1, 0.15) is 26.2 Å². The number of piperidine rings is 1. The van der Waals surface area contributed by atoms with Gasteiger partial charge in [-0.1, -0.05) is 6.92 Å². The van der Waals surface area contributed by atoms with Crippen LogP contribution >= 0.6 is 0 Å². The Kier molecular flexibility index (Phi) is 4.43. The molecule has 6 heteroatoms. The van der Waals surface area contributed by atoms with Crippen LogP contribution in [0.5, 0.6) is 5.88 Å². The predicted octanol–water partition coefficient (Wildman–Crippen LogP) is 1.14. The van der Waals surface area contributed by atoms with Crippen molar-refractivity contribution in [1.29, 1.82) is 0 Å². The molecular formula is C13H20N4O2. The molecule has 1 unspecified atom stereocenters. The highest BCUT2D eigenvalue weighted by Crippen LogP contribution is 2.22.